The summed E-state index contributed by atoms with van der Waals surface area (Å²) in [6, 6.07) is 8.23. The van der Waals surface area contributed by atoms with Gasteiger partial charge in [0.2, 0.25) is 0 Å². The Kier molecular flexibility index (Phi) is 1.65. The predicted molar refractivity (Wildman–Crippen MR) is 62.1 cm³/mol. The molecular weight excluding hydrogens is 277 g/mol. The van der Waals surface area contributed by atoms with Gasteiger partial charge < -0.3 is 8.27 Å². The van der Waals surface area contributed by atoms with Gasteiger partial charge in [-0.05, 0) is 31.1 Å². The average molecular weight is 285 g/mol. The highest BCUT2D eigenvalue weighted by Crippen LogP contribution is 2.34. The lowest BCUT2D eigenvalue weighted by atomic mass is 10.0. The van der Waals surface area contributed by atoms with Crippen LogP contribution in [0, 0.1) is 0 Å². The molecule has 0 fully saturated rings. The zero-order chi connectivity index (χ0) is 8.67. The van der Waals surface area contributed by atoms with Gasteiger partial charge in [-0.3, -0.25) is 0 Å². The third-order valence-corrected chi connectivity index (χ3v) is 4.10. The average Bonchev–Trinajstić information content (AvgIpc) is 2.65. The molecule has 2 nitrogen and oxygen atoms in total. The number of fused-ring (bicyclic) bond motifs is 2. The number of allylic oxidation sites excluding steroid dienone is 1. The van der Waals surface area contributed by atoms with Gasteiger partial charge in [-0.25, -0.2) is 0 Å². The van der Waals surface area contributed by atoms with Gasteiger partial charge in [-0.1, -0.05) is 18.2 Å². The van der Waals surface area contributed by atoms with E-state index in [0.29, 0.717) is 6.61 Å². The molecule has 2 aliphatic rings. The molecule has 66 valence electrons. The van der Waals surface area contributed by atoms with Gasteiger partial charge in [-0.15, -0.1) is 0 Å². The fraction of sp³-hybridized carbons (Fsp3) is 0.100. The number of rotatable bonds is 0. The molecule has 0 saturated carbocycles. The molecule has 2 heterocycles. The van der Waals surface area contributed by atoms with E-state index in [0.717, 1.165) is 5.75 Å². The lowest BCUT2D eigenvalue weighted by molar-refractivity contribution is 0.344. The molecule has 13 heavy (non-hydrogen) atoms. The van der Waals surface area contributed by atoms with Crippen molar-refractivity contribution in [3.05, 3.63) is 35.5 Å². The van der Waals surface area contributed by atoms with Crippen molar-refractivity contribution >= 4 is 30.6 Å². The minimum atomic E-state index is 0.0339. The number of para-hydroxylation sites is 1. The van der Waals surface area contributed by atoms with E-state index in [1.807, 2.05) is 12.1 Å². The Morgan fingerprint density at radius 1 is 1.31 bits per heavy atom. The largest absolute Gasteiger partial charge is 0.487 e. The highest BCUT2D eigenvalue weighted by Gasteiger charge is 2.20. The minimum absolute atomic E-state index is 0.0339. The number of ether oxygens (including phenoxy) is 1. The molecule has 1 aromatic rings. The normalized spacial score (nSPS) is 18.2. The lowest BCUT2D eigenvalue weighted by Gasteiger charge is -2.18. The van der Waals surface area contributed by atoms with E-state index in [9.17, 15) is 0 Å². The van der Waals surface area contributed by atoms with Crippen LogP contribution in [-0.4, -0.2) is 10.6 Å². The summed E-state index contributed by atoms with van der Waals surface area (Å²) in [5, 5.41) is 0. The van der Waals surface area contributed by atoms with Crippen LogP contribution in [0.5, 0.6) is 5.75 Å². The standard InChI is InChI=1S/C10H8INO/c1-2-4-10-7(3-1)8-5-11-12-9(8)6-13-10/h1-5,12H,6H2. The molecule has 0 radical (unpaired) electrons. The van der Waals surface area contributed by atoms with Crippen molar-refractivity contribution in [1.82, 2.24) is 3.53 Å². The first-order valence-electron chi connectivity index (χ1n) is 4.12. The minimum Gasteiger partial charge on any atom is -0.487 e. The summed E-state index contributed by atoms with van der Waals surface area (Å²) in [6.45, 7) is 0.711. The number of hydrogen-bond acceptors (Lipinski definition) is 2. The molecule has 3 heteroatoms. The molecule has 1 N–H and O–H groups in total. The third-order valence-electron chi connectivity index (χ3n) is 2.21. The number of benzene rings is 1. The molecule has 0 saturated heterocycles. The highest BCUT2D eigenvalue weighted by molar-refractivity contribution is 14.2. The van der Waals surface area contributed by atoms with Crippen LogP contribution < -0.4 is 8.27 Å². The van der Waals surface area contributed by atoms with Crippen LogP contribution in [0.2, 0.25) is 0 Å². The monoisotopic (exact) mass is 285 g/mol. The second kappa shape index (κ2) is 2.83. The van der Waals surface area contributed by atoms with Gasteiger partial charge in [-0.2, -0.15) is 0 Å². The predicted octanol–water partition coefficient (Wildman–Crippen LogP) is 2.08. The maximum Gasteiger partial charge on any atom is 0.129 e. The van der Waals surface area contributed by atoms with Crippen LogP contribution in [0.3, 0.4) is 0 Å². The Bertz CT molecular complexity index is 423. The summed E-state index contributed by atoms with van der Waals surface area (Å²) in [5.74, 6) is 1.02. The van der Waals surface area contributed by atoms with Crippen LogP contribution >= 0.6 is 21.0 Å². The van der Waals surface area contributed by atoms with E-state index in [4.69, 9.17) is 4.74 Å². The van der Waals surface area contributed by atoms with Crippen molar-refractivity contribution in [3.63, 3.8) is 0 Å². The van der Waals surface area contributed by atoms with Crippen molar-refractivity contribution in [2.24, 2.45) is 0 Å². The van der Waals surface area contributed by atoms with Gasteiger partial charge >= 0.3 is 0 Å². The zero-order valence-electron chi connectivity index (χ0n) is 6.88. The topological polar surface area (TPSA) is 21.3 Å². The summed E-state index contributed by atoms with van der Waals surface area (Å²) < 4.78 is 11.4. The first-order valence-corrected chi connectivity index (χ1v) is 6.44. The third kappa shape index (κ3) is 1.10. The van der Waals surface area contributed by atoms with E-state index in [1.54, 1.807) is 0 Å². The molecule has 0 unspecified atom stereocenters. The quantitative estimate of drug-likeness (QED) is 0.582. The molecule has 1 aromatic carbocycles. The van der Waals surface area contributed by atoms with Gasteiger partial charge in [0.25, 0.3) is 0 Å². The molecule has 0 aliphatic carbocycles. The Labute approximate surface area is 86.7 Å². The fourth-order valence-corrected chi connectivity index (χ4v) is 3.56. The first-order chi connectivity index (χ1) is 6.45. The van der Waals surface area contributed by atoms with E-state index < -0.39 is 0 Å². The molecule has 0 bridgehead atoms. The summed E-state index contributed by atoms with van der Waals surface area (Å²) in [6.07, 6.45) is 0. The molecular formula is C10H8INO. The van der Waals surface area contributed by atoms with Crippen molar-refractivity contribution in [1.29, 1.82) is 0 Å². The highest BCUT2D eigenvalue weighted by atomic mass is 127. The molecule has 0 amide bonds. The summed E-state index contributed by atoms with van der Waals surface area (Å²) in [4.78, 5) is 0. The van der Waals surface area contributed by atoms with Gasteiger partial charge in [0.15, 0.2) is 0 Å². The first kappa shape index (κ1) is 7.55. The Balaban J connectivity index is 2.23. The van der Waals surface area contributed by atoms with E-state index >= 15 is 0 Å². The Morgan fingerprint density at radius 3 is 3.23 bits per heavy atom. The van der Waals surface area contributed by atoms with Gasteiger partial charge in [0.05, 0.1) is 5.70 Å². The summed E-state index contributed by atoms with van der Waals surface area (Å²) >= 11 is 0.0339. The fourth-order valence-electron chi connectivity index (χ4n) is 1.56. The molecule has 0 aromatic heterocycles. The number of hydrogen-bond donors (Lipinski definition) is 1. The number of nitrogens with one attached hydrogen (secondary N) is 1. The van der Waals surface area contributed by atoms with Crippen molar-refractivity contribution < 1.29 is 4.74 Å². The van der Waals surface area contributed by atoms with Crippen molar-refractivity contribution in [3.8, 4) is 5.75 Å². The van der Waals surface area contributed by atoms with Crippen LogP contribution in [0.4, 0.5) is 0 Å². The van der Waals surface area contributed by atoms with Crippen LogP contribution in [0.25, 0.3) is 5.57 Å². The summed E-state index contributed by atoms with van der Waals surface area (Å²) in [7, 11) is 0. The van der Waals surface area contributed by atoms with Crippen LogP contribution in [0.1, 0.15) is 5.56 Å². The van der Waals surface area contributed by atoms with Crippen LogP contribution in [0.15, 0.2) is 30.0 Å². The molecule has 0 spiro atoms. The van der Waals surface area contributed by atoms with Crippen molar-refractivity contribution in [2.75, 3.05) is 6.61 Å². The van der Waals surface area contributed by atoms with Gasteiger partial charge in [0.1, 0.15) is 12.4 Å². The van der Waals surface area contributed by atoms with Gasteiger partial charge in [0, 0.05) is 11.1 Å². The number of halogens is 1. The SMILES string of the molecule is C1=INC2=C1c1ccccc1OC2. The maximum atomic E-state index is 5.61. The van der Waals surface area contributed by atoms with E-state index in [2.05, 4.69) is 19.7 Å². The Hall–Kier alpha value is -0.840. The molecule has 0 atom stereocenters. The molecule has 2 aliphatic heterocycles. The van der Waals surface area contributed by atoms with Crippen LogP contribution in [-0.2, 0) is 0 Å². The van der Waals surface area contributed by atoms with E-state index in [-0.39, 0.29) is 21.0 Å². The Morgan fingerprint density at radius 2 is 2.23 bits per heavy atom. The lowest BCUT2D eigenvalue weighted by Crippen LogP contribution is -2.14. The van der Waals surface area contributed by atoms with Crippen molar-refractivity contribution in [2.45, 2.75) is 0 Å². The smallest absolute Gasteiger partial charge is 0.129 e. The zero-order valence-corrected chi connectivity index (χ0v) is 9.04. The summed E-state index contributed by atoms with van der Waals surface area (Å²) in [5.41, 5.74) is 3.88. The second-order valence-electron chi connectivity index (χ2n) is 2.99. The second-order valence-corrected chi connectivity index (χ2v) is 4.77. The molecule has 3 rings (SSSR count). The maximum absolute atomic E-state index is 5.61. The van der Waals surface area contributed by atoms with E-state index in [1.165, 1.54) is 16.8 Å².